The van der Waals surface area contributed by atoms with E-state index < -0.39 is 5.54 Å². The lowest BCUT2D eigenvalue weighted by Crippen LogP contribution is -2.36. The van der Waals surface area contributed by atoms with Crippen LogP contribution in [0.2, 0.25) is 0 Å². The van der Waals surface area contributed by atoms with E-state index in [4.69, 9.17) is 5.73 Å². The summed E-state index contributed by atoms with van der Waals surface area (Å²) in [5, 5.41) is 0. The highest BCUT2D eigenvalue weighted by Gasteiger charge is 2.35. The van der Waals surface area contributed by atoms with Gasteiger partial charge in [0.2, 0.25) is 0 Å². The maximum atomic E-state index is 12.5. The molecule has 19 heavy (non-hydrogen) atoms. The number of carbonyl (C=O) groups excluding carboxylic acids is 1. The van der Waals surface area contributed by atoms with Gasteiger partial charge in [0.1, 0.15) is 11.4 Å². The smallest absolute Gasteiger partial charge is 0.164 e. The van der Waals surface area contributed by atoms with Gasteiger partial charge in [-0.05, 0) is 37.2 Å². The largest absolute Gasteiger partial charge is 0.384 e. The molecule has 0 aromatic carbocycles. The van der Waals surface area contributed by atoms with Crippen LogP contribution in [0.3, 0.4) is 0 Å². The van der Waals surface area contributed by atoms with E-state index >= 15 is 0 Å². The number of nitrogens with zero attached hydrogens (tertiary/aromatic N) is 1. The van der Waals surface area contributed by atoms with Gasteiger partial charge in [-0.1, -0.05) is 40.2 Å². The molecule has 3 nitrogen and oxygen atoms in total. The van der Waals surface area contributed by atoms with Crippen LogP contribution in [-0.4, -0.2) is 17.2 Å². The van der Waals surface area contributed by atoms with E-state index in [1.807, 2.05) is 13.0 Å². The normalized spacial score (nSPS) is 25.1. The third-order valence-corrected chi connectivity index (χ3v) is 3.28. The Morgan fingerprint density at radius 2 is 2.00 bits per heavy atom. The number of allylic oxidation sites excluding steroid dienone is 1. The van der Waals surface area contributed by atoms with Gasteiger partial charge in [0, 0.05) is 6.42 Å². The highest BCUT2D eigenvalue weighted by molar-refractivity contribution is 6.00. The molecule has 0 fully saturated rings. The topological polar surface area (TPSA) is 55.4 Å². The SMILES string of the molecule is CC(C)CC1(C)N=C(N)C=C(CC(C)(C)C)CC1=O. The summed E-state index contributed by atoms with van der Waals surface area (Å²) < 4.78 is 0. The van der Waals surface area contributed by atoms with Gasteiger partial charge in [0.15, 0.2) is 5.78 Å². The van der Waals surface area contributed by atoms with E-state index in [-0.39, 0.29) is 11.2 Å². The van der Waals surface area contributed by atoms with E-state index in [1.165, 1.54) is 0 Å². The molecule has 0 bridgehead atoms. The van der Waals surface area contributed by atoms with Crippen molar-refractivity contribution in [2.75, 3.05) is 0 Å². The zero-order valence-corrected chi connectivity index (χ0v) is 13.2. The average Bonchev–Trinajstić information content (AvgIpc) is 2.19. The van der Waals surface area contributed by atoms with Crippen LogP contribution in [0.5, 0.6) is 0 Å². The lowest BCUT2D eigenvalue weighted by Gasteiger charge is -2.26. The number of hydrogen-bond acceptors (Lipinski definition) is 3. The summed E-state index contributed by atoms with van der Waals surface area (Å²) in [7, 11) is 0. The second kappa shape index (κ2) is 5.48. The first kappa shape index (κ1) is 15.9. The highest BCUT2D eigenvalue weighted by Crippen LogP contribution is 2.32. The van der Waals surface area contributed by atoms with E-state index in [1.54, 1.807) is 0 Å². The van der Waals surface area contributed by atoms with E-state index in [2.05, 4.69) is 39.6 Å². The molecular weight excluding hydrogens is 236 g/mol. The number of amidine groups is 1. The lowest BCUT2D eigenvalue weighted by atomic mass is 9.81. The van der Waals surface area contributed by atoms with Crippen molar-refractivity contribution in [2.24, 2.45) is 22.1 Å². The zero-order chi connectivity index (χ0) is 14.8. The quantitative estimate of drug-likeness (QED) is 0.848. The fraction of sp³-hybridized carbons (Fsp3) is 0.750. The standard InChI is InChI=1S/C16H28N2O/c1-11(2)9-16(6)13(19)7-12(8-14(17)18-16)10-15(3,4)5/h8,11H,7,9-10H2,1-6H3,(H2,17,18). The molecule has 2 N–H and O–H groups in total. The number of carbonyl (C=O) groups is 1. The van der Waals surface area contributed by atoms with Gasteiger partial charge < -0.3 is 5.73 Å². The summed E-state index contributed by atoms with van der Waals surface area (Å²) in [6.07, 6.45) is 4.01. The Morgan fingerprint density at radius 3 is 2.47 bits per heavy atom. The maximum absolute atomic E-state index is 12.5. The molecule has 1 heterocycles. The monoisotopic (exact) mass is 264 g/mol. The molecule has 0 spiro atoms. The molecule has 0 amide bonds. The molecule has 0 aliphatic carbocycles. The third-order valence-electron chi connectivity index (χ3n) is 3.28. The number of nitrogens with two attached hydrogens (primary N) is 1. The molecule has 0 radical (unpaired) electrons. The number of rotatable bonds is 3. The van der Waals surface area contributed by atoms with Gasteiger partial charge in [-0.3, -0.25) is 9.79 Å². The molecule has 0 saturated heterocycles. The van der Waals surface area contributed by atoms with Crippen molar-refractivity contribution in [2.45, 2.75) is 66.3 Å². The van der Waals surface area contributed by atoms with Gasteiger partial charge >= 0.3 is 0 Å². The summed E-state index contributed by atoms with van der Waals surface area (Å²) in [6.45, 7) is 12.6. The Morgan fingerprint density at radius 1 is 1.42 bits per heavy atom. The van der Waals surface area contributed by atoms with Crippen LogP contribution < -0.4 is 5.73 Å². The Balaban J connectivity index is 2.97. The molecule has 1 aliphatic heterocycles. The zero-order valence-electron chi connectivity index (χ0n) is 13.2. The van der Waals surface area contributed by atoms with Crippen LogP contribution >= 0.6 is 0 Å². The molecule has 0 aromatic rings. The minimum Gasteiger partial charge on any atom is -0.384 e. The number of hydrogen-bond donors (Lipinski definition) is 1. The second-order valence-corrected chi connectivity index (χ2v) is 7.55. The predicted octanol–water partition coefficient (Wildman–Crippen LogP) is 3.48. The molecule has 108 valence electrons. The van der Waals surface area contributed by atoms with E-state index in [9.17, 15) is 4.79 Å². The molecule has 1 rings (SSSR count). The fourth-order valence-electron chi connectivity index (χ4n) is 2.79. The number of Topliss-reactive ketones (excluding diaryl/α,β-unsaturated/α-hetero) is 1. The van der Waals surface area contributed by atoms with Crippen molar-refractivity contribution < 1.29 is 4.79 Å². The lowest BCUT2D eigenvalue weighted by molar-refractivity contribution is -0.123. The van der Waals surface area contributed by atoms with Crippen LogP contribution in [-0.2, 0) is 4.79 Å². The number of ketones is 1. The van der Waals surface area contributed by atoms with Crippen LogP contribution in [0.1, 0.15) is 60.8 Å². The van der Waals surface area contributed by atoms with Crippen molar-refractivity contribution in [3.05, 3.63) is 11.6 Å². The summed E-state index contributed by atoms with van der Waals surface area (Å²) in [6, 6.07) is 0. The first-order valence-corrected chi connectivity index (χ1v) is 7.10. The Hall–Kier alpha value is -1.12. The van der Waals surface area contributed by atoms with Crippen LogP contribution in [0.25, 0.3) is 0 Å². The minimum absolute atomic E-state index is 0.158. The third kappa shape index (κ3) is 4.81. The Labute approximate surface area is 117 Å². The van der Waals surface area contributed by atoms with Crippen molar-refractivity contribution in [3.8, 4) is 0 Å². The molecular formula is C16H28N2O. The Kier molecular flexibility index (Phi) is 4.59. The van der Waals surface area contributed by atoms with Gasteiger partial charge in [-0.2, -0.15) is 0 Å². The number of aliphatic imine (C=N–C) groups is 1. The van der Waals surface area contributed by atoms with Crippen molar-refractivity contribution in [3.63, 3.8) is 0 Å². The van der Waals surface area contributed by atoms with Crippen molar-refractivity contribution in [1.29, 1.82) is 0 Å². The first-order valence-electron chi connectivity index (χ1n) is 7.10. The van der Waals surface area contributed by atoms with E-state index in [0.29, 0.717) is 18.2 Å². The van der Waals surface area contributed by atoms with Gasteiger partial charge in [-0.15, -0.1) is 0 Å². The van der Waals surface area contributed by atoms with Crippen molar-refractivity contribution in [1.82, 2.24) is 0 Å². The molecule has 0 aromatic heterocycles. The van der Waals surface area contributed by atoms with Gasteiger partial charge in [0.05, 0.1) is 0 Å². The van der Waals surface area contributed by atoms with Crippen LogP contribution in [0.15, 0.2) is 16.6 Å². The van der Waals surface area contributed by atoms with Gasteiger partial charge in [-0.25, -0.2) is 0 Å². The first-order chi connectivity index (χ1) is 8.52. The molecule has 1 atom stereocenters. The molecule has 1 aliphatic rings. The minimum atomic E-state index is -0.658. The van der Waals surface area contributed by atoms with Crippen LogP contribution in [0, 0.1) is 11.3 Å². The molecule has 0 saturated carbocycles. The van der Waals surface area contributed by atoms with E-state index in [0.717, 1.165) is 18.4 Å². The molecule has 1 unspecified atom stereocenters. The summed E-state index contributed by atoms with van der Waals surface area (Å²) in [5.41, 5.74) is 6.58. The summed E-state index contributed by atoms with van der Waals surface area (Å²) >= 11 is 0. The van der Waals surface area contributed by atoms with Gasteiger partial charge in [0.25, 0.3) is 0 Å². The second-order valence-electron chi connectivity index (χ2n) is 7.55. The highest BCUT2D eigenvalue weighted by atomic mass is 16.1. The molecule has 3 heteroatoms. The maximum Gasteiger partial charge on any atom is 0.164 e. The van der Waals surface area contributed by atoms with Crippen LogP contribution in [0.4, 0.5) is 0 Å². The predicted molar refractivity (Wildman–Crippen MR) is 81.3 cm³/mol. The van der Waals surface area contributed by atoms with Crippen molar-refractivity contribution >= 4 is 11.6 Å². The Bertz CT molecular complexity index is 413. The summed E-state index contributed by atoms with van der Waals surface area (Å²) in [5.74, 6) is 1.11. The fourth-order valence-corrected chi connectivity index (χ4v) is 2.79. The summed E-state index contributed by atoms with van der Waals surface area (Å²) in [4.78, 5) is 17.0. The average molecular weight is 264 g/mol.